The number of ether oxygens (including phenoxy) is 1. The summed E-state index contributed by atoms with van der Waals surface area (Å²) in [5, 5.41) is 2.81. The van der Waals surface area contributed by atoms with E-state index in [0.29, 0.717) is 44.0 Å². The van der Waals surface area contributed by atoms with Gasteiger partial charge in [0.25, 0.3) is 0 Å². The molecule has 0 saturated carbocycles. The normalized spacial score (nSPS) is 14.7. The summed E-state index contributed by atoms with van der Waals surface area (Å²) in [6.45, 7) is 3.19. The summed E-state index contributed by atoms with van der Waals surface area (Å²) in [7, 11) is -3.66. The lowest BCUT2D eigenvalue weighted by atomic mass is 10.1. The summed E-state index contributed by atoms with van der Waals surface area (Å²) in [5.74, 6) is 0.144. The highest BCUT2D eigenvalue weighted by Gasteiger charge is 2.30. The van der Waals surface area contributed by atoms with E-state index in [-0.39, 0.29) is 10.8 Å². The summed E-state index contributed by atoms with van der Waals surface area (Å²) in [5.41, 5.74) is 1.50. The molecule has 3 rings (SSSR count). The van der Waals surface area contributed by atoms with Gasteiger partial charge in [0.05, 0.1) is 6.61 Å². The lowest BCUT2D eigenvalue weighted by Crippen LogP contribution is -2.28. The van der Waals surface area contributed by atoms with E-state index in [1.54, 1.807) is 12.1 Å². The van der Waals surface area contributed by atoms with Gasteiger partial charge in [0.2, 0.25) is 15.9 Å². The van der Waals surface area contributed by atoms with Crippen molar-refractivity contribution in [2.45, 2.75) is 37.5 Å². The summed E-state index contributed by atoms with van der Waals surface area (Å²) >= 11 is 3.42. The fourth-order valence-corrected chi connectivity index (χ4v) is 5.42. The van der Waals surface area contributed by atoms with Crippen molar-refractivity contribution in [2.24, 2.45) is 0 Å². The van der Waals surface area contributed by atoms with Gasteiger partial charge in [-0.25, -0.2) is 8.42 Å². The molecule has 156 valence electrons. The second-order valence-electron chi connectivity index (χ2n) is 6.88. The molecular weight excluding hydrogens is 456 g/mol. The Morgan fingerprint density at radius 2 is 1.93 bits per heavy atom. The van der Waals surface area contributed by atoms with E-state index in [4.69, 9.17) is 4.74 Å². The minimum atomic E-state index is -3.66. The molecule has 0 unspecified atom stereocenters. The average Bonchev–Trinajstić information content (AvgIpc) is 3.23. The number of aryl methyl sites for hydroxylation is 1. The fourth-order valence-electron chi connectivity index (χ4n) is 3.30. The Kier molecular flexibility index (Phi) is 7.32. The van der Waals surface area contributed by atoms with E-state index in [0.717, 1.165) is 22.9 Å². The van der Waals surface area contributed by atoms with Crippen LogP contribution < -0.4 is 10.1 Å². The second-order valence-corrected chi connectivity index (χ2v) is 9.71. The molecule has 1 aliphatic heterocycles. The molecule has 8 heteroatoms. The van der Waals surface area contributed by atoms with Crippen LogP contribution in [0.4, 0.5) is 5.69 Å². The molecular formula is C21H25BrN2O4S. The minimum absolute atomic E-state index is 0.103. The number of nitrogens with one attached hydrogen (secondary N) is 1. The van der Waals surface area contributed by atoms with Crippen molar-refractivity contribution in [3.05, 3.63) is 52.5 Å². The van der Waals surface area contributed by atoms with Crippen LogP contribution in [0.3, 0.4) is 0 Å². The third kappa shape index (κ3) is 5.58. The maximum absolute atomic E-state index is 13.0. The standard InChI is InChI=1S/C21H25BrN2O4S/c1-2-28-19-10-9-18(15-20(19)29(26,27)24-12-3-4-13-24)23-21(25)11-8-16-6-5-7-17(22)14-16/h5-7,9-10,14-15H,2-4,8,11-13H2,1H3,(H,23,25). The van der Waals surface area contributed by atoms with Crippen LogP contribution >= 0.6 is 15.9 Å². The number of benzene rings is 2. The lowest BCUT2D eigenvalue weighted by Gasteiger charge is -2.19. The number of carbonyl (C=O) groups excluding carboxylic acids is 1. The van der Waals surface area contributed by atoms with Crippen molar-refractivity contribution in [1.82, 2.24) is 4.31 Å². The monoisotopic (exact) mass is 480 g/mol. The first-order chi connectivity index (χ1) is 13.9. The topological polar surface area (TPSA) is 75.7 Å². The Balaban J connectivity index is 1.74. The Morgan fingerprint density at radius 3 is 2.62 bits per heavy atom. The van der Waals surface area contributed by atoms with Crippen LogP contribution in [0.15, 0.2) is 51.8 Å². The zero-order valence-electron chi connectivity index (χ0n) is 16.4. The number of hydrogen-bond acceptors (Lipinski definition) is 4. The predicted octanol–water partition coefficient (Wildman–Crippen LogP) is 4.20. The van der Waals surface area contributed by atoms with Crippen molar-refractivity contribution in [3.8, 4) is 5.75 Å². The SMILES string of the molecule is CCOc1ccc(NC(=O)CCc2cccc(Br)c2)cc1S(=O)(=O)N1CCCC1. The third-order valence-electron chi connectivity index (χ3n) is 4.74. The van der Waals surface area contributed by atoms with Crippen molar-refractivity contribution < 1.29 is 17.9 Å². The zero-order chi connectivity index (χ0) is 20.9. The number of amides is 1. The summed E-state index contributed by atoms with van der Waals surface area (Å²) < 4.78 is 34.1. The number of sulfonamides is 1. The number of rotatable bonds is 8. The van der Waals surface area contributed by atoms with Crippen molar-refractivity contribution in [3.63, 3.8) is 0 Å². The van der Waals surface area contributed by atoms with Gasteiger partial charge in [0.1, 0.15) is 10.6 Å². The van der Waals surface area contributed by atoms with Crippen LogP contribution in [0.25, 0.3) is 0 Å². The zero-order valence-corrected chi connectivity index (χ0v) is 18.8. The number of nitrogens with zero attached hydrogens (tertiary/aromatic N) is 1. The van der Waals surface area contributed by atoms with Gasteiger partial charge in [-0.15, -0.1) is 0 Å². The molecule has 2 aromatic rings. The van der Waals surface area contributed by atoms with E-state index in [1.165, 1.54) is 10.4 Å². The molecule has 0 radical (unpaired) electrons. The summed E-state index contributed by atoms with van der Waals surface area (Å²) in [6, 6.07) is 12.6. The molecule has 0 spiro atoms. The van der Waals surface area contributed by atoms with E-state index < -0.39 is 10.0 Å². The first-order valence-electron chi connectivity index (χ1n) is 9.71. The number of hydrogen-bond donors (Lipinski definition) is 1. The molecule has 0 aromatic heterocycles. The molecule has 0 atom stereocenters. The highest BCUT2D eigenvalue weighted by molar-refractivity contribution is 9.10. The lowest BCUT2D eigenvalue weighted by molar-refractivity contribution is -0.116. The van der Waals surface area contributed by atoms with Gasteiger partial charge in [-0.05, 0) is 62.1 Å². The van der Waals surface area contributed by atoms with Crippen LogP contribution in [0.1, 0.15) is 31.7 Å². The molecule has 0 bridgehead atoms. The third-order valence-corrected chi connectivity index (χ3v) is 7.15. The Bertz CT molecular complexity index is 972. The van der Waals surface area contributed by atoms with E-state index in [2.05, 4.69) is 21.2 Å². The largest absolute Gasteiger partial charge is 0.492 e. The summed E-state index contributed by atoms with van der Waals surface area (Å²) in [4.78, 5) is 12.5. The Labute approximate surface area is 180 Å². The van der Waals surface area contributed by atoms with Gasteiger partial charge in [-0.2, -0.15) is 4.31 Å². The van der Waals surface area contributed by atoms with Crippen LogP contribution in [0.2, 0.25) is 0 Å². The molecule has 0 aliphatic carbocycles. The quantitative estimate of drug-likeness (QED) is 0.613. The van der Waals surface area contributed by atoms with Gasteiger partial charge in [0.15, 0.2) is 0 Å². The number of halogens is 1. The number of anilines is 1. The first kappa shape index (κ1) is 21.8. The number of carbonyl (C=O) groups is 1. The predicted molar refractivity (Wildman–Crippen MR) is 117 cm³/mol. The van der Waals surface area contributed by atoms with Crippen LogP contribution in [-0.2, 0) is 21.2 Å². The fraction of sp³-hybridized carbons (Fsp3) is 0.381. The van der Waals surface area contributed by atoms with Crippen molar-refractivity contribution >= 4 is 37.5 Å². The molecule has 1 N–H and O–H groups in total. The molecule has 1 aliphatic rings. The van der Waals surface area contributed by atoms with Crippen LogP contribution in [0.5, 0.6) is 5.75 Å². The smallest absolute Gasteiger partial charge is 0.246 e. The van der Waals surface area contributed by atoms with Crippen molar-refractivity contribution in [2.75, 3.05) is 25.0 Å². The second kappa shape index (κ2) is 9.73. The van der Waals surface area contributed by atoms with Gasteiger partial charge in [-0.1, -0.05) is 28.1 Å². The molecule has 29 heavy (non-hydrogen) atoms. The van der Waals surface area contributed by atoms with E-state index in [9.17, 15) is 13.2 Å². The first-order valence-corrected chi connectivity index (χ1v) is 11.9. The highest BCUT2D eigenvalue weighted by atomic mass is 79.9. The molecule has 2 aromatic carbocycles. The van der Waals surface area contributed by atoms with Gasteiger partial charge >= 0.3 is 0 Å². The Morgan fingerprint density at radius 1 is 1.17 bits per heavy atom. The maximum atomic E-state index is 13.0. The molecule has 6 nitrogen and oxygen atoms in total. The van der Waals surface area contributed by atoms with Gasteiger partial charge in [-0.3, -0.25) is 4.79 Å². The van der Waals surface area contributed by atoms with Gasteiger partial charge < -0.3 is 10.1 Å². The van der Waals surface area contributed by atoms with Crippen LogP contribution in [-0.4, -0.2) is 38.3 Å². The van der Waals surface area contributed by atoms with E-state index in [1.807, 2.05) is 31.2 Å². The Hall–Kier alpha value is -1.90. The minimum Gasteiger partial charge on any atom is -0.492 e. The summed E-state index contributed by atoms with van der Waals surface area (Å²) in [6.07, 6.45) is 2.61. The van der Waals surface area contributed by atoms with Gasteiger partial charge in [0, 0.05) is 29.7 Å². The maximum Gasteiger partial charge on any atom is 0.246 e. The highest BCUT2D eigenvalue weighted by Crippen LogP contribution is 2.31. The van der Waals surface area contributed by atoms with E-state index >= 15 is 0 Å². The van der Waals surface area contributed by atoms with Crippen LogP contribution in [0, 0.1) is 0 Å². The molecule has 1 saturated heterocycles. The average molecular weight is 481 g/mol. The molecule has 1 heterocycles. The van der Waals surface area contributed by atoms with Crippen molar-refractivity contribution in [1.29, 1.82) is 0 Å². The molecule has 1 amide bonds. The molecule has 1 fully saturated rings.